The van der Waals surface area contributed by atoms with Crippen molar-refractivity contribution in [3.8, 4) is 11.5 Å². The van der Waals surface area contributed by atoms with Gasteiger partial charge in [0.05, 0.1) is 5.56 Å². The monoisotopic (exact) mass is 453 g/mol. The fraction of sp³-hybridized carbons (Fsp3) is 0.476. The first kappa shape index (κ1) is 22.1. The summed E-state index contributed by atoms with van der Waals surface area (Å²) in [6, 6.07) is 5.12. The largest absolute Gasteiger partial charge is 0.573 e. The molecule has 3 aliphatic rings. The third-order valence-electron chi connectivity index (χ3n) is 5.70. The summed E-state index contributed by atoms with van der Waals surface area (Å²) in [5.74, 6) is 0.266. The predicted molar refractivity (Wildman–Crippen MR) is 108 cm³/mol. The molecule has 1 saturated carbocycles. The third kappa shape index (κ3) is 4.43. The SMILES string of the molecule is Cn1c2c(c(=O)n(CCCO)c1=O)CC1CC(C1)C(Oc1cccc(OC(F)(F)F)c1)=N2. The maximum absolute atomic E-state index is 13.0. The number of aliphatic hydroxyl groups is 1. The van der Waals surface area contributed by atoms with Crippen molar-refractivity contribution >= 4 is 11.7 Å². The quantitative estimate of drug-likeness (QED) is 0.751. The van der Waals surface area contributed by atoms with E-state index in [4.69, 9.17) is 9.84 Å². The number of nitrogens with zero attached hydrogens (tertiary/aromatic N) is 3. The summed E-state index contributed by atoms with van der Waals surface area (Å²) in [6.07, 6.45) is -2.65. The van der Waals surface area contributed by atoms with Crippen LogP contribution >= 0.6 is 0 Å². The van der Waals surface area contributed by atoms with Crippen molar-refractivity contribution in [1.82, 2.24) is 9.13 Å². The highest BCUT2D eigenvalue weighted by atomic mass is 19.4. The molecule has 1 N–H and O–H groups in total. The molecule has 32 heavy (non-hydrogen) atoms. The molecule has 1 aliphatic carbocycles. The van der Waals surface area contributed by atoms with Crippen molar-refractivity contribution < 1.29 is 27.8 Å². The smallest absolute Gasteiger partial charge is 0.442 e. The van der Waals surface area contributed by atoms with Crippen molar-refractivity contribution in [2.45, 2.75) is 38.6 Å². The summed E-state index contributed by atoms with van der Waals surface area (Å²) in [7, 11) is 1.50. The lowest BCUT2D eigenvalue weighted by atomic mass is 9.71. The van der Waals surface area contributed by atoms with Crippen LogP contribution in [-0.2, 0) is 20.0 Å². The Hall–Kier alpha value is -3.08. The molecule has 0 spiro atoms. The Morgan fingerprint density at radius 1 is 1.22 bits per heavy atom. The summed E-state index contributed by atoms with van der Waals surface area (Å²) in [4.78, 5) is 30.2. The second-order valence-electron chi connectivity index (χ2n) is 7.99. The number of aliphatic imine (C=N–C) groups is 1. The Morgan fingerprint density at radius 3 is 2.62 bits per heavy atom. The highest BCUT2D eigenvalue weighted by Crippen LogP contribution is 2.41. The Balaban J connectivity index is 1.73. The van der Waals surface area contributed by atoms with Gasteiger partial charge in [-0.25, -0.2) is 4.79 Å². The summed E-state index contributed by atoms with van der Waals surface area (Å²) < 4.78 is 49.7. The zero-order chi connectivity index (χ0) is 23.0. The van der Waals surface area contributed by atoms with Gasteiger partial charge in [-0.3, -0.25) is 13.9 Å². The predicted octanol–water partition coefficient (Wildman–Crippen LogP) is 2.52. The fourth-order valence-electron chi connectivity index (χ4n) is 4.12. The molecule has 0 saturated heterocycles. The number of hydrogen-bond acceptors (Lipinski definition) is 6. The maximum atomic E-state index is 13.0. The molecular formula is C21H22F3N3O5. The molecule has 8 nitrogen and oxygen atoms in total. The first-order valence-electron chi connectivity index (χ1n) is 10.2. The molecule has 11 heteroatoms. The van der Waals surface area contributed by atoms with Crippen LogP contribution in [0.2, 0.25) is 0 Å². The summed E-state index contributed by atoms with van der Waals surface area (Å²) in [5.41, 5.74) is -0.603. The van der Waals surface area contributed by atoms with E-state index >= 15 is 0 Å². The van der Waals surface area contributed by atoms with Crippen molar-refractivity contribution in [2.24, 2.45) is 23.9 Å². The van der Waals surface area contributed by atoms with Crippen molar-refractivity contribution in [2.75, 3.05) is 6.61 Å². The van der Waals surface area contributed by atoms with Crippen LogP contribution in [0.15, 0.2) is 38.8 Å². The number of aliphatic hydroxyl groups excluding tert-OH is 1. The zero-order valence-corrected chi connectivity index (χ0v) is 17.3. The summed E-state index contributed by atoms with van der Waals surface area (Å²) >= 11 is 0. The third-order valence-corrected chi connectivity index (χ3v) is 5.70. The van der Waals surface area contributed by atoms with Gasteiger partial charge >= 0.3 is 12.1 Å². The van der Waals surface area contributed by atoms with E-state index in [1.807, 2.05) is 0 Å². The second-order valence-corrected chi connectivity index (χ2v) is 7.99. The van der Waals surface area contributed by atoms with Crippen LogP contribution in [0.3, 0.4) is 0 Å². The summed E-state index contributed by atoms with van der Waals surface area (Å²) in [6.45, 7) is -0.0497. The average molecular weight is 453 g/mol. The highest BCUT2D eigenvalue weighted by molar-refractivity contribution is 5.85. The lowest BCUT2D eigenvalue weighted by Gasteiger charge is -2.37. The molecule has 0 radical (unpaired) electrons. The van der Waals surface area contributed by atoms with Crippen molar-refractivity contribution in [3.63, 3.8) is 0 Å². The first-order valence-corrected chi connectivity index (χ1v) is 10.2. The van der Waals surface area contributed by atoms with Gasteiger partial charge in [0.15, 0.2) is 5.90 Å². The lowest BCUT2D eigenvalue weighted by Crippen LogP contribution is -2.44. The molecule has 1 fully saturated rings. The average Bonchev–Trinajstić information content (AvgIpc) is 2.66. The first-order chi connectivity index (χ1) is 15.2. The lowest BCUT2D eigenvalue weighted by molar-refractivity contribution is -0.274. The van der Waals surface area contributed by atoms with Crippen LogP contribution in [0.25, 0.3) is 0 Å². The Morgan fingerprint density at radius 2 is 1.94 bits per heavy atom. The standard InChI is InChI=1S/C21H22F3N3O5/c1-26-17-16(19(29)27(20(26)30)6-3-7-28)10-12-8-13(9-12)18(25-17)31-14-4-2-5-15(11-14)32-21(22,23)24/h2,4-5,11-13,28H,3,6-10H2,1H3. The van der Waals surface area contributed by atoms with Gasteiger partial charge in [-0.1, -0.05) is 6.07 Å². The number of hydrogen-bond donors (Lipinski definition) is 1. The number of ether oxygens (including phenoxy) is 2. The molecule has 0 amide bonds. The summed E-state index contributed by atoms with van der Waals surface area (Å²) in [5, 5.41) is 9.07. The van der Waals surface area contributed by atoms with E-state index in [2.05, 4.69) is 9.73 Å². The van der Waals surface area contributed by atoms with E-state index in [9.17, 15) is 22.8 Å². The molecule has 5 rings (SSSR count). The van der Waals surface area contributed by atoms with Crippen molar-refractivity contribution in [3.05, 3.63) is 50.7 Å². The molecule has 1 aromatic heterocycles. The Bertz CT molecular complexity index is 1160. The molecule has 2 aromatic rings. The van der Waals surface area contributed by atoms with E-state index in [1.165, 1.54) is 23.7 Å². The Labute approximate surface area is 180 Å². The Kier molecular flexibility index (Phi) is 5.85. The fourth-order valence-corrected chi connectivity index (χ4v) is 4.12. The molecule has 2 aliphatic heterocycles. The van der Waals surface area contributed by atoms with Crippen LogP contribution < -0.4 is 20.7 Å². The molecule has 0 atom stereocenters. The second kappa shape index (κ2) is 8.45. The maximum Gasteiger partial charge on any atom is 0.573 e. The topological polar surface area (TPSA) is 95.0 Å². The van der Waals surface area contributed by atoms with E-state index in [-0.39, 0.29) is 48.9 Å². The van der Waals surface area contributed by atoms with Gasteiger partial charge in [-0.05, 0) is 43.7 Å². The molecule has 0 unspecified atom stereocenters. The van der Waals surface area contributed by atoms with Gasteiger partial charge in [0.25, 0.3) is 5.56 Å². The minimum Gasteiger partial charge on any atom is -0.442 e. The molecule has 1 aromatic carbocycles. The van der Waals surface area contributed by atoms with E-state index in [0.29, 0.717) is 12.0 Å². The van der Waals surface area contributed by atoms with Crippen LogP contribution in [0, 0.1) is 11.8 Å². The van der Waals surface area contributed by atoms with Gasteiger partial charge in [0.1, 0.15) is 17.3 Å². The van der Waals surface area contributed by atoms with Gasteiger partial charge in [0.2, 0.25) is 0 Å². The number of aromatic nitrogens is 2. The van der Waals surface area contributed by atoms with E-state index < -0.39 is 23.4 Å². The van der Waals surface area contributed by atoms with Gasteiger partial charge < -0.3 is 14.6 Å². The van der Waals surface area contributed by atoms with Crippen molar-refractivity contribution in [1.29, 1.82) is 0 Å². The van der Waals surface area contributed by atoms with Crippen LogP contribution in [0.1, 0.15) is 24.8 Å². The minimum absolute atomic E-state index is 0.0627. The molecule has 3 heterocycles. The number of halogens is 3. The minimum atomic E-state index is -4.83. The normalized spacial score (nSPS) is 19.8. The van der Waals surface area contributed by atoms with Gasteiger partial charge in [-0.15, -0.1) is 13.2 Å². The van der Waals surface area contributed by atoms with Gasteiger partial charge in [0, 0.05) is 32.2 Å². The molecular weight excluding hydrogens is 431 g/mol. The van der Waals surface area contributed by atoms with E-state index in [0.717, 1.165) is 29.5 Å². The molecule has 172 valence electrons. The number of benzene rings is 1. The number of rotatable bonds is 5. The van der Waals surface area contributed by atoms with Gasteiger partial charge in [-0.2, -0.15) is 4.99 Å². The zero-order valence-electron chi connectivity index (χ0n) is 17.3. The van der Waals surface area contributed by atoms with E-state index in [1.54, 1.807) is 0 Å². The molecule has 2 bridgehead atoms. The van der Waals surface area contributed by atoms with Crippen LogP contribution in [0.5, 0.6) is 11.5 Å². The van der Waals surface area contributed by atoms with Crippen LogP contribution in [-0.4, -0.2) is 33.1 Å². The highest BCUT2D eigenvalue weighted by Gasteiger charge is 2.38. The number of alkyl halides is 3. The van der Waals surface area contributed by atoms with Crippen LogP contribution in [0.4, 0.5) is 19.0 Å².